The molecule has 4 rings (SSSR count). The van der Waals surface area contributed by atoms with Crippen LogP contribution in [-0.2, 0) is 4.79 Å². The zero-order chi connectivity index (χ0) is 18.8. The highest BCUT2D eigenvalue weighted by Crippen LogP contribution is 2.37. The van der Waals surface area contributed by atoms with E-state index in [9.17, 15) is 9.59 Å². The molecule has 1 atom stereocenters. The van der Waals surface area contributed by atoms with E-state index in [1.54, 1.807) is 12.0 Å². The van der Waals surface area contributed by atoms with Gasteiger partial charge in [-0.2, -0.15) is 0 Å². The third-order valence-corrected chi connectivity index (χ3v) is 6.30. The molecule has 1 unspecified atom stereocenters. The minimum Gasteiger partial charge on any atom is -0.494 e. The zero-order valence-electron chi connectivity index (χ0n) is 16.1. The molecule has 1 aromatic rings. The number of nitrogens with one attached hydrogen (secondary N) is 1. The Kier molecular flexibility index (Phi) is 5.23. The van der Waals surface area contributed by atoms with Crippen molar-refractivity contribution in [3.63, 3.8) is 0 Å². The number of nitrogens with zero attached hydrogens (tertiary/aromatic N) is 2. The van der Waals surface area contributed by atoms with Crippen molar-refractivity contribution >= 4 is 23.3 Å². The van der Waals surface area contributed by atoms with Crippen LogP contribution in [0.1, 0.15) is 51.4 Å². The van der Waals surface area contributed by atoms with E-state index in [1.165, 1.54) is 25.7 Å². The Morgan fingerprint density at radius 3 is 2.63 bits per heavy atom. The maximum Gasteiger partial charge on any atom is 0.322 e. The van der Waals surface area contributed by atoms with Crippen molar-refractivity contribution in [2.75, 3.05) is 30.4 Å². The van der Waals surface area contributed by atoms with Gasteiger partial charge in [-0.25, -0.2) is 4.79 Å². The number of methoxy groups -OCH3 is 1. The van der Waals surface area contributed by atoms with Crippen LogP contribution < -0.4 is 15.0 Å². The Bertz CT molecular complexity index is 715. The van der Waals surface area contributed by atoms with E-state index < -0.39 is 0 Å². The standard InChI is InChI=1S/C21H29N3O3/c1-27-19-14-16(10-11-18(19)23-12-5-9-20(23)25)22-21(26)24-13-4-8-17(24)15-6-2-3-7-15/h10-11,14-15,17H,2-9,12-13H2,1H3,(H,22,26). The van der Waals surface area contributed by atoms with Crippen molar-refractivity contribution < 1.29 is 14.3 Å². The molecule has 27 heavy (non-hydrogen) atoms. The summed E-state index contributed by atoms with van der Waals surface area (Å²) in [5, 5.41) is 3.04. The average molecular weight is 371 g/mol. The second-order valence-corrected chi connectivity index (χ2v) is 7.91. The number of carbonyl (C=O) groups is 2. The van der Waals surface area contributed by atoms with Gasteiger partial charge in [0.05, 0.1) is 12.8 Å². The summed E-state index contributed by atoms with van der Waals surface area (Å²) >= 11 is 0. The quantitative estimate of drug-likeness (QED) is 0.870. The number of ether oxygens (including phenoxy) is 1. The largest absolute Gasteiger partial charge is 0.494 e. The highest BCUT2D eigenvalue weighted by Gasteiger charge is 2.36. The lowest BCUT2D eigenvalue weighted by Gasteiger charge is -2.29. The van der Waals surface area contributed by atoms with E-state index in [0.717, 1.165) is 38.0 Å². The number of carbonyl (C=O) groups excluding carboxylic acids is 2. The monoisotopic (exact) mass is 371 g/mol. The summed E-state index contributed by atoms with van der Waals surface area (Å²) in [5.41, 5.74) is 1.49. The van der Waals surface area contributed by atoms with Gasteiger partial charge in [0, 0.05) is 37.3 Å². The Balaban J connectivity index is 1.47. The summed E-state index contributed by atoms with van der Waals surface area (Å²) < 4.78 is 5.50. The van der Waals surface area contributed by atoms with Crippen LogP contribution in [0.25, 0.3) is 0 Å². The van der Waals surface area contributed by atoms with E-state index in [1.807, 2.05) is 23.1 Å². The van der Waals surface area contributed by atoms with E-state index in [2.05, 4.69) is 5.32 Å². The molecule has 146 valence electrons. The Labute approximate surface area is 160 Å². The molecule has 3 aliphatic rings. The van der Waals surface area contributed by atoms with Gasteiger partial charge < -0.3 is 19.9 Å². The van der Waals surface area contributed by atoms with Gasteiger partial charge in [-0.05, 0) is 50.2 Å². The molecule has 1 saturated carbocycles. The van der Waals surface area contributed by atoms with E-state index in [4.69, 9.17) is 4.74 Å². The fourth-order valence-corrected chi connectivity index (χ4v) is 4.95. The average Bonchev–Trinajstić information content (AvgIpc) is 3.42. The highest BCUT2D eigenvalue weighted by atomic mass is 16.5. The number of anilines is 2. The molecule has 0 aromatic heterocycles. The number of rotatable bonds is 4. The summed E-state index contributed by atoms with van der Waals surface area (Å²) in [4.78, 5) is 28.7. The second-order valence-electron chi connectivity index (χ2n) is 7.91. The molecule has 1 aliphatic carbocycles. The summed E-state index contributed by atoms with van der Waals surface area (Å²) in [6.45, 7) is 1.56. The van der Waals surface area contributed by atoms with Crippen molar-refractivity contribution in [1.29, 1.82) is 0 Å². The number of urea groups is 1. The molecular weight excluding hydrogens is 342 g/mol. The molecular formula is C21H29N3O3. The van der Waals surface area contributed by atoms with Gasteiger partial charge in [-0.15, -0.1) is 0 Å². The van der Waals surface area contributed by atoms with Gasteiger partial charge in [0.15, 0.2) is 0 Å². The van der Waals surface area contributed by atoms with Crippen molar-refractivity contribution in [3.8, 4) is 5.75 Å². The van der Waals surface area contributed by atoms with E-state index in [0.29, 0.717) is 29.8 Å². The molecule has 6 heteroatoms. The predicted octanol–water partition coefficient (Wildman–Crippen LogP) is 4.01. The molecule has 0 radical (unpaired) electrons. The van der Waals surface area contributed by atoms with Crippen LogP contribution in [0.5, 0.6) is 5.75 Å². The number of hydrogen-bond acceptors (Lipinski definition) is 3. The lowest BCUT2D eigenvalue weighted by atomic mass is 9.96. The SMILES string of the molecule is COc1cc(NC(=O)N2CCCC2C2CCCC2)ccc1N1CCCC1=O. The number of amides is 3. The maximum absolute atomic E-state index is 12.9. The third-order valence-electron chi connectivity index (χ3n) is 6.30. The van der Waals surface area contributed by atoms with Gasteiger partial charge in [0.25, 0.3) is 0 Å². The van der Waals surface area contributed by atoms with Gasteiger partial charge in [0.2, 0.25) is 5.91 Å². The minimum atomic E-state index is -0.0172. The topological polar surface area (TPSA) is 61.9 Å². The first-order chi connectivity index (χ1) is 13.2. The number of hydrogen-bond donors (Lipinski definition) is 1. The Hall–Kier alpha value is -2.24. The smallest absolute Gasteiger partial charge is 0.322 e. The van der Waals surface area contributed by atoms with Gasteiger partial charge >= 0.3 is 6.03 Å². The first kappa shape index (κ1) is 18.1. The number of benzene rings is 1. The predicted molar refractivity (Wildman–Crippen MR) is 105 cm³/mol. The second kappa shape index (κ2) is 7.79. The van der Waals surface area contributed by atoms with Crippen LogP contribution in [0.4, 0.5) is 16.2 Å². The molecule has 0 spiro atoms. The lowest BCUT2D eigenvalue weighted by Crippen LogP contribution is -2.41. The fraction of sp³-hybridized carbons (Fsp3) is 0.619. The van der Waals surface area contributed by atoms with Crippen LogP contribution in [-0.4, -0.2) is 43.1 Å². The van der Waals surface area contributed by atoms with Crippen molar-refractivity contribution in [3.05, 3.63) is 18.2 Å². The summed E-state index contributed by atoms with van der Waals surface area (Å²) in [7, 11) is 1.60. The van der Waals surface area contributed by atoms with Crippen LogP contribution in [0, 0.1) is 5.92 Å². The Morgan fingerprint density at radius 1 is 1.11 bits per heavy atom. The molecule has 3 fully saturated rings. The molecule has 2 heterocycles. The van der Waals surface area contributed by atoms with Crippen molar-refractivity contribution in [1.82, 2.24) is 4.90 Å². The summed E-state index contributed by atoms with van der Waals surface area (Å²) in [5.74, 6) is 1.41. The minimum absolute atomic E-state index is 0.0172. The molecule has 1 aromatic carbocycles. The normalized spacial score (nSPS) is 23.3. The van der Waals surface area contributed by atoms with Crippen molar-refractivity contribution in [2.24, 2.45) is 5.92 Å². The molecule has 2 saturated heterocycles. The Morgan fingerprint density at radius 2 is 1.93 bits per heavy atom. The number of likely N-dealkylation sites (tertiary alicyclic amines) is 1. The van der Waals surface area contributed by atoms with Crippen LogP contribution in [0.15, 0.2) is 18.2 Å². The van der Waals surface area contributed by atoms with Gasteiger partial charge in [0.1, 0.15) is 5.75 Å². The van der Waals surface area contributed by atoms with Crippen LogP contribution in [0.2, 0.25) is 0 Å². The zero-order valence-corrected chi connectivity index (χ0v) is 16.1. The van der Waals surface area contributed by atoms with Gasteiger partial charge in [-0.3, -0.25) is 4.79 Å². The van der Waals surface area contributed by atoms with E-state index in [-0.39, 0.29) is 11.9 Å². The fourth-order valence-electron chi connectivity index (χ4n) is 4.95. The maximum atomic E-state index is 12.9. The molecule has 0 bridgehead atoms. The molecule has 2 aliphatic heterocycles. The van der Waals surface area contributed by atoms with Gasteiger partial charge in [-0.1, -0.05) is 12.8 Å². The summed E-state index contributed by atoms with van der Waals surface area (Å²) in [6, 6.07) is 5.92. The summed E-state index contributed by atoms with van der Waals surface area (Å²) in [6.07, 6.45) is 8.76. The van der Waals surface area contributed by atoms with E-state index >= 15 is 0 Å². The van der Waals surface area contributed by atoms with Crippen molar-refractivity contribution in [2.45, 2.75) is 57.4 Å². The highest BCUT2D eigenvalue weighted by molar-refractivity contribution is 5.97. The molecule has 1 N–H and O–H groups in total. The molecule has 6 nitrogen and oxygen atoms in total. The molecule has 3 amide bonds. The first-order valence-corrected chi connectivity index (χ1v) is 10.2. The van der Waals surface area contributed by atoms with Crippen LogP contribution >= 0.6 is 0 Å². The van der Waals surface area contributed by atoms with Crippen LogP contribution in [0.3, 0.4) is 0 Å². The lowest BCUT2D eigenvalue weighted by molar-refractivity contribution is -0.117. The first-order valence-electron chi connectivity index (χ1n) is 10.2. The third kappa shape index (κ3) is 3.62.